The average Bonchev–Trinajstić information content (AvgIpc) is 3.25. The zero-order chi connectivity index (χ0) is 21.3. The van der Waals surface area contributed by atoms with E-state index in [1.54, 1.807) is 24.3 Å². The van der Waals surface area contributed by atoms with Crippen molar-refractivity contribution < 1.29 is 19.1 Å². The zero-order valence-electron chi connectivity index (χ0n) is 17.4. The molecule has 0 radical (unpaired) electrons. The van der Waals surface area contributed by atoms with E-state index >= 15 is 0 Å². The molecule has 0 spiro atoms. The van der Waals surface area contributed by atoms with Gasteiger partial charge >= 0.3 is 0 Å². The molecule has 1 atom stereocenters. The number of carbonyl (C=O) groups excluding carboxylic acids is 2. The summed E-state index contributed by atoms with van der Waals surface area (Å²) in [5.41, 5.74) is 2.02. The minimum atomic E-state index is -0.173. The van der Waals surface area contributed by atoms with Gasteiger partial charge in [0.25, 0.3) is 5.91 Å². The molecular weight excluding hydrogens is 382 g/mol. The lowest BCUT2D eigenvalue weighted by Crippen LogP contribution is -2.31. The van der Waals surface area contributed by atoms with Gasteiger partial charge in [0.1, 0.15) is 5.75 Å². The van der Waals surface area contributed by atoms with E-state index in [2.05, 4.69) is 16.0 Å². The van der Waals surface area contributed by atoms with Gasteiger partial charge in [0.2, 0.25) is 5.91 Å². The van der Waals surface area contributed by atoms with E-state index in [4.69, 9.17) is 9.47 Å². The van der Waals surface area contributed by atoms with Crippen molar-refractivity contribution in [1.29, 1.82) is 0 Å². The maximum absolute atomic E-state index is 12.2. The van der Waals surface area contributed by atoms with E-state index in [0.717, 1.165) is 30.9 Å². The summed E-state index contributed by atoms with van der Waals surface area (Å²) in [6, 6.07) is 14.3. The Bertz CT molecular complexity index is 829. The van der Waals surface area contributed by atoms with Gasteiger partial charge in [0, 0.05) is 30.1 Å². The Balaban J connectivity index is 1.42. The van der Waals surface area contributed by atoms with Crippen molar-refractivity contribution in [3.8, 4) is 5.75 Å². The Morgan fingerprint density at radius 1 is 1.07 bits per heavy atom. The molecule has 1 fully saturated rings. The smallest absolute Gasteiger partial charge is 0.251 e. The third-order valence-electron chi connectivity index (χ3n) is 4.62. The van der Waals surface area contributed by atoms with Gasteiger partial charge in [-0.25, -0.2) is 0 Å². The van der Waals surface area contributed by atoms with E-state index in [1.807, 2.05) is 38.1 Å². The van der Waals surface area contributed by atoms with Gasteiger partial charge in [-0.1, -0.05) is 0 Å². The maximum Gasteiger partial charge on any atom is 0.251 e. The van der Waals surface area contributed by atoms with Gasteiger partial charge < -0.3 is 25.4 Å². The fourth-order valence-corrected chi connectivity index (χ4v) is 3.13. The number of benzene rings is 2. The molecular formula is C23H29N3O4. The summed E-state index contributed by atoms with van der Waals surface area (Å²) in [5, 5.41) is 8.77. The largest absolute Gasteiger partial charge is 0.491 e. The monoisotopic (exact) mass is 411 g/mol. The topological polar surface area (TPSA) is 88.7 Å². The summed E-state index contributed by atoms with van der Waals surface area (Å²) in [4.78, 5) is 24.4. The van der Waals surface area contributed by atoms with Crippen LogP contribution < -0.4 is 20.7 Å². The number of hydrogen-bond donors (Lipinski definition) is 3. The van der Waals surface area contributed by atoms with Crippen LogP contribution in [0.15, 0.2) is 48.5 Å². The SMILES string of the molecule is CC(C)Oc1ccc(NCC(=O)Nc2ccc(C(=O)NCC3CCCO3)cc2)cc1. The normalized spacial score (nSPS) is 15.6. The summed E-state index contributed by atoms with van der Waals surface area (Å²) < 4.78 is 11.1. The first kappa shape index (κ1) is 21.6. The molecule has 1 aliphatic rings. The molecule has 2 aromatic carbocycles. The number of rotatable bonds is 9. The molecule has 1 heterocycles. The summed E-state index contributed by atoms with van der Waals surface area (Å²) in [6.07, 6.45) is 2.25. The van der Waals surface area contributed by atoms with Gasteiger partial charge in [-0.05, 0) is 75.2 Å². The number of carbonyl (C=O) groups is 2. The average molecular weight is 412 g/mol. The number of amides is 2. The Morgan fingerprint density at radius 3 is 2.40 bits per heavy atom. The van der Waals surface area contributed by atoms with Gasteiger partial charge in [-0.2, -0.15) is 0 Å². The van der Waals surface area contributed by atoms with Crippen LogP contribution in [0.4, 0.5) is 11.4 Å². The second-order valence-corrected chi connectivity index (χ2v) is 7.52. The number of nitrogens with one attached hydrogen (secondary N) is 3. The zero-order valence-corrected chi connectivity index (χ0v) is 17.4. The van der Waals surface area contributed by atoms with E-state index in [1.165, 1.54) is 0 Å². The summed E-state index contributed by atoms with van der Waals surface area (Å²) in [7, 11) is 0. The van der Waals surface area contributed by atoms with Crippen LogP contribution >= 0.6 is 0 Å². The molecule has 0 aliphatic carbocycles. The molecule has 7 heteroatoms. The van der Waals surface area contributed by atoms with Gasteiger partial charge in [-0.15, -0.1) is 0 Å². The number of anilines is 2. The quantitative estimate of drug-likeness (QED) is 0.588. The van der Waals surface area contributed by atoms with Gasteiger partial charge in [0.15, 0.2) is 0 Å². The first-order valence-corrected chi connectivity index (χ1v) is 10.3. The Hall–Kier alpha value is -3.06. The molecule has 0 aromatic heterocycles. The minimum Gasteiger partial charge on any atom is -0.491 e. The molecule has 2 aromatic rings. The van der Waals surface area contributed by atoms with Crippen LogP contribution in [0.2, 0.25) is 0 Å². The molecule has 30 heavy (non-hydrogen) atoms. The second-order valence-electron chi connectivity index (χ2n) is 7.52. The summed E-state index contributed by atoms with van der Waals surface area (Å²) in [5.74, 6) is 0.475. The first-order valence-electron chi connectivity index (χ1n) is 10.3. The molecule has 160 valence electrons. The van der Waals surface area contributed by atoms with Crippen molar-refractivity contribution >= 4 is 23.2 Å². The van der Waals surface area contributed by atoms with Crippen molar-refractivity contribution in [2.75, 3.05) is 30.3 Å². The highest BCUT2D eigenvalue weighted by Crippen LogP contribution is 2.17. The summed E-state index contributed by atoms with van der Waals surface area (Å²) in [6.45, 7) is 5.37. The Kier molecular flexibility index (Phi) is 7.68. The molecule has 0 bridgehead atoms. The lowest BCUT2D eigenvalue weighted by Gasteiger charge is -2.12. The van der Waals surface area contributed by atoms with Crippen LogP contribution in [-0.2, 0) is 9.53 Å². The molecule has 1 unspecified atom stereocenters. The first-order chi connectivity index (χ1) is 14.5. The second kappa shape index (κ2) is 10.6. The van der Waals surface area contributed by atoms with Crippen LogP contribution in [-0.4, -0.2) is 43.7 Å². The number of ether oxygens (including phenoxy) is 2. The third-order valence-corrected chi connectivity index (χ3v) is 4.62. The fraction of sp³-hybridized carbons (Fsp3) is 0.391. The van der Waals surface area contributed by atoms with Crippen LogP contribution in [0.5, 0.6) is 5.75 Å². The minimum absolute atomic E-state index is 0.110. The fourth-order valence-electron chi connectivity index (χ4n) is 3.13. The highest BCUT2D eigenvalue weighted by atomic mass is 16.5. The summed E-state index contributed by atoms with van der Waals surface area (Å²) >= 11 is 0. The molecule has 1 saturated heterocycles. The molecule has 7 nitrogen and oxygen atoms in total. The highest BCUT2D eigenvalue weighted by Gasteiger charge is 2.16. The Labute approximate surface area is 177 Å². The van der Waals surface area contributed by atoms with Crippen molar-refractivity contribution in [3.63, 3.8) is 0 Å². The van der Waals surface area contributed by atoms with Crippen LogP contribution in [0.25, 0.3) is 0 Å². The van der Waals surface area contributed by atoms with Crippen molar-refractivity contribution in [3.05, 3.63) is 54.1 Å². The molecule has 0 saturated carbocycles. The predicted molar refractivity (Wildman–Crippen MR) is 117 cm³/mol. The predicted octanol–water partition coefficient (Wildman–Crippen LogP) is 3.43. The van der Waals surface area contributed by atoms with Crippen LogP contribution in [0.3, 0.4) is 0 Å². The molecule has 3 N–H and O–H groups in total. The van der Waals surface area contributed by atoms with E-state index in [-0.39, 0.29) is 30.6 Å². The lowest BCUT2D eigenvalue weighted by molar-refractivity contribution is -0.114. The van der Waals surface area contributed by atoms with Crippen LogP contribution in [0.1, 0.15) is 37.0 Å². The Morgan fingerprint density at radius 2 is 1.77 bits per heavy atom. The van der Waals surface area contributed by atoms with E-state index in [9.17, 15) is 9.59 Å². The maximum atomic E-state index is 12.2. The van der Waals surface area contributed by atoms with E-state index < -0.39 is 0 Å². The van der Waals surface area contributed by atoms with Crippen molar-refractivity contribution in [1.82, 2.24) is 5.32 Å². The highest BCUT2D eigenvalue weighted by molar-refractivity contribution is 5.96. The molecule has 1 aliphatic heterocycles. The van der Waals surface area contributed by atoms with Crippen molar-refractivity contribution in [2.24, 2.45) is 0 Å². The lowest BCUT2D eigenvalue weighted by atomic mass is 10.2. The van der Waals surface area contributed by atoms with Gasteiger partial charge in [0.05, 0.1) is 18.8 Å². The van der Waals surface area contributed by atoms with E-state index in [0.29, 0.717) is 17.8 Å². The van der Waals surface area contributed by atoms with Gasteiger partial charge in [-0.3, -0.25) is 9.59 Å². The molecule has 3 rings (SSSR count). The standard InChI is InChI=1S/C23H29N3O4/c1-16(2)30-20-11-9-18(10-12-20)24-15-22(27)26-19-7-5-17(6-8-19)23(28)25-14-21-4-3-13-29-21/h5-12,16,21,24H,3-4,13-15H2,1-2H3,(H,25,28)(H,26,27). The molecule has 2 amide bonds. The number of hydrogen-bond acceptors (Lipinski definition) is 5. The van der Waals surface area contributed by atoms with Crippen LogP contribution in [0, 0.1) is 0 Å². The third kappa shape index (κ3) is 6.77. The van der Waals surface area contributed by atoms with Crippen molar-refractivity contribution in [2.45, 2.75) is 38.9 Å².